The van der Waals surface area contributed by atoms with E-state index >= 15 is 0 Å². The normalized spacial score (nSPS) is 20.7. The summed E-state index contributed by atoms with van der Waals surface area (Å²) in [5.74, 6) is -1.89. The molecule has 0 bridgehead atoms. The molecule has 33 heavy (non-hydrogen) atoms. The largest absolute Gasteiger partial charge is 0.470 e. The van der Waals surface area contributed by atoms with Crippen molar-refractivity contribution in [3.63, 3.8) is 0 Å². The molecule has 0 saturated heterocycles. The Morgan fingerprint density at radius 2 is 2.06 bits per heavy atom. The van der Waals surface area contributed by atoms with Gasteiger partial charge in [0.2, 0.25) is 5.88 Å². The van der Waals surface area contributed by atoms with E-state index in [4.69, 9.17) is 5.73 Å². The lowest BCUT2D eigenvalue weighted by Gasteiger charge is -2.36. The first-order valence-corrected chi connectivity index (χ1v) is 9.30. The molecule has 1 aromatic heterocycles. The van der Waals surface area contributed by atoms with Crippen molar-refractivity contribution < 1.29 is 40.6 Å². The highest BCUT2D eigenvalue weighted by Crippen LogP contribution is 2.41. The van der Waals surface area contributed by atoms with E-state index in [9.17, 15) is 31.1 Å². The highest BCUT2D eigenvalue weighted by atomic mass is 19.4. The molecule has 1 aliphatic heterocycles. The minimum atomic E-state index is -4.76. The number of ether oxygens (including phenoxy) is 2. The summed E-state index contributed by atoms with van der Waals surface area (Å²) in [7, 11) is 0. The van der Waals surface area contributed by atoms with Crippen LogP contribution in [0.4, 0.5) is 32.0 Å². The van der Waals surface area contributed by atoms with Crippen LogP contribution in [0, 0.1) is 5.82 Å². The van der Waals surface area contributed by atoms with Gasteiger partial charge in [0.25, 0.3) is 18.4 Å². The Kier molecular flexibility index (Phi) is 6.65. The Bertz CT molecular complexity index is 1050. The summed E-state index contributed by atoms with van der Waals surface area (Å²) in [4.78, 5) is 23.7. The molecule has 1 amide bonds. The number of alkyl halides is 5. The number of halogens is 6. The van der Waals surface area contributed by atoms with Gasteiger partial charge in [-0.15, -0.1) is 0 Å². The molecule has 3 rings (SSSR count). The van der Waals surface area contributed by atoms with E-state index in [1.165, 1.54) is 13.0 Å². The second-order valence-electron chi connectivity index (χ2n) is 7.17. The fraction of sp³-hybridized carbons (Fsp3) is 0.368. The van der Waals surface area contributed by atoms with Gasteiger partial charge in [0.1, 0.15) is 11.5 Å². The molecular formula is C19H17F6N5O3. The van der Waals surface area contributed by atoms with E-state index in [-0.39, 0.29) is 22.8 Å². The third-order valence-corrected chi connectivity index (χ3v) is 4.59. The van der Waals surface area contributed by atoms with Gasteiger partial charge in [0, 0.05) is 17.7 Å². The molecule has 8 nitrogen and oxygen atoms in total. The highest BCUT2D eigenvalue weighted by Gasteiger charge is 2.50. The van der Waals surface area contributed by atoms with E-state index in [1.54, 1.807) is 0 Å². The minimum Gasteiger partial charge on any atom is -0.470 e. The number of nitrogens with zero attached hydrogens (tertiary/aromatic N) is 3. The predicted molar refractivity (Wildman–Crippen MR) is 102 cm³/mol. The fourth-order valence-electron chi connectivity index (χ4n) is 3.08. The summed E-state index contributed by atoms with van der Waals surface area (Å²) < 4.78 is 87.6. The number of amides is 1. The molecule has 0 spiro atoms. The predicted octanol–water partition coefficient (Wildman–Crippen LogP) is 3.39. The molecule has 3 N–H and O–H groups in total. The van der Waals surface area contributed by atoms with E-state index in [2.05, 4.69) is 29.8 Å². The monoisotopic (exact) mass is 477 g/mol. The first kappa shape index (κ1) is 24.1. The first-order chi connectivity index (χ1) is 15.4. The van der Waals surface area contributed by atoms with Crippen LogP contribution in [0.1, 0.15) is 29.4 Å². The maximum absolute atomic E-state index is 14.5. The lowest BCUT2D eigenvalue weighted by Crippen LogP contribution is -2.46. The molecule has 178 valence electrons. The molecule has 0 unspecified atom stereocenters. The third kappa shape index (κ3) is 5.81. The first-order valence-electron chi connectivity index (χ1n) is 9.30. The van der Waals surface area contributed by atoms with Crippen LogP contribution in [0.2, 0.25) is 0 Å². The Balaban J connectivity index is 1.80. The number of carbonyl (C=O) groups is 1. The van der Waals surface area contributed by atoms with Gasteiger partial charge < -0.3 is 20.5 Å². The average Bonchev–Trinajstić information content (AvgIpc) is 2.72. The molecule has 0 saturated carbocycles. The number of nitrogens with two attached hydrogens (primary N) is 1. The van der Waals surface area contributed by atoms with Gasteiger partial charge in [-0.1, -0.05) is 0 Å². The van der Waals surface area contributed by atoms with Crippen LogP contribution >= 0.6 is 0 Å². The van der Waals surface area contributed by atoms with Gasteiger partial charge in [-0.25, -0.2) is 28.1 Å². The standard InChI is InChI=1S/C19H17F6N5O3/c1-18(5-13(19(23,24)25)33-17(26)30-18)10-4-9(2-3-11(10)20)29-16(31)12-6-28-15(7-27-12)32-8-14(21)22/h2-4,6-7,13-14H,5,8H2,1H3,(H2,26,30)(H,29,31)/t13-,18-/m0/s1. The van der Waals surface area contributed by atoms with Crippen LogP contribution in [0.25, 0.3) is 0 Å². The van der Waals surface area contributed by atoms with Gasteiger partial charge in [0.15, 0.2) is 12.7 Å². The zero-order chi connectivity index (χ0) is 24.4. The molecule has 0 aliphatic carbocycles. The number of anilines is 1. The van der Waals surface area contributed by atoms with Gasteiger partial charge >= 0.3 is 6.18 Å². The Labute approximate surface area is 182 Å². The number of rotatable bonds is 6. The van der Waals surface area contributed by atoms with Crippen LogP contribution in [-0.4, -0.2) is 47.2 Å². The highest BCUT2D eigenvalue weighted by molar-refractivity contribution is 6.02. The number of amidine groups is 1. The van der Waals surface area contributed by atoms with Gasteiger partial charge in [-0.2, -0.15) is 13.2 Å². The molecule has 2 atom stereocenters. The fourth-order valence-corrected chi connectivity index (χ4v) is 3.08. The van der Waals surface area contributed by atoms with Crippen molar-refractivity contribution in [1.29, 1.82) is 0 Å². The van der Waals surface area contributed by atoms with Crippen molar-refractivity contribution in [3.8, 4) is 5.88 Å². The van der Waals surface area contributed by atoms with E-state index in [0.717, 1.165) is 24.5 Å². The van der Waals surface area contributed by atoms with Crippen LogP contribution in [0.15, 0.2) is 35.6 Å². The Morgan fingerprint density at radius 1 is 1.33 bits per heavy atom. The zero-order valence-electron chi connectivity index (χ0n) is 16.9. The molecule has 2 aromatic rings. The number of benzene rings is 1. The lowest BCUT2D eigenvalue weighted by atomic mass is 9.85. The van der Waals surface area contributed by atoms with Crippen LogP contribution < -0.4 is 15.8 Å². The van der Waals surface area contributed by atoms with Crippen LogP contribution in [-0.2, 0) is 10.3 Å². The van der Waals surface area contributed by atoms with E-state index in [1.807, 2.05) is 0 Å². The quantitative estimate of drug-likeness (QED) is 0.617. The minimum absolute atomic E-state index is 0.0290. The molecule has 2 heterocycles. The van der Waals surface area contributed by atoms with Crippen molar-refractivity contribution in [1.82, 2.24) is 9.97 Å². The molecule has 1 aliphatic rings. The maximum atomic E-state index is 14.5. The SMILES string of the molecule is C[C@@]1(c2cc(NC(=O)c3cnc(OCC(F)F)cn3)ccc2F)C[C@@H](C(F)(F)F)OC(N)=N1. The number of aromatic nitrogens is 2. The van der Waals surface area contributed by atoms with Gasteiger partial charge in [0.05, 0.1) is 17.9 Å². The summed E-state index contributed by atoms with van der Waals surface area (Å²) in [6.07, 6.45) is -8.57. The third-order valence-electron chi connectivity index (χ3n) is 4.59. The van der Waals surface area contributed by atoms with Gasteiger partial charge in [-0.3, -0.25) is 4.79 Å². The van der Waals surface area contributed by atoms with Crippen molar-refractivity contribution >= 4 is 17.6 Å². The number of hydrogen-bond acceptors (Lipinski definition) is 7. The molecule has 14 heteroatoms. The second-order valence-corrected chi connectivity index (χ2v) is 7.17. The van der Waals surface area contributed by atoms with Crippen molar-refractivity contribution in [2.45, 2.75) is 37.6 Å². The average molecular weight is 477 g/mol. The molecule has 0 fully saturated rings. The summed E-state index contributed by atoms with van der Waals surface area (Å²) >= 11 is 0. The van der Waals surface area contributed by atoms with Crippen LogP contribution in [0.3, 0.4) is 0 Å². The molecule has 0 radical (unpaired) electrons. The molecular weight excluding hydrogens is 460 g/mol. The summed E-state index contributed by atoms with van der Waals surface area (Å²) in [5, 5.41) is 2.40. The Morgan fingerprint density at radius 3 is 2.67 bits per heavy atom. The van der Waals surface area contributed by atoms with Crippen molar-refractivity contribution in [2.24, 2.45) is 10.7 Å². The topological polar surface area (TPSA) is 112 Å². The van der Waals surface area contributed by atoms with E-state index in [0.29, 0.717) is 0 Å². The van der Waals surface area contributed by atoms with Gasteiger partial charge in [-0.05, 0) is 25.1 Å². The molecule has 1 aromatic carbocycles. The maximum Gasteiger partial charge on any atom is 0.425 e. The van der Waals surface area contributed by atoms with Crippen LogP contribution in [0.5, 0.6) is 5.88 Å². The second kappa shape index (κ2) is 9.11. The smallest absolute Gasteiger partial charge is 0.425 e. The lowest BCUT2D eigenvalue weighted by molar-refractivity contribution is -0.208. The summed E-state index contributed by atoms with van der Waals surface area (Å²) in [6, 6.07) is 2.51. The summed E-state index contributed by atoms with van der Waals surface area (Å²) in [6.45, 7) is 0.360. The van der Waals surface area contributed by atoms with Crippen molar-refractivity contribution in [2.75, 3.05) is 11.9 Å². The number of carbonyl (C=O) groups excluding carboxylic acids is 1. The number of nitrogens with one attached hydrogen (secondary N) is 1. The van der Waals surface area contributed by atoms with Crippen molar-refractivity contribution in [3.05, 3.63) is 47.7 Å². The Hall–Kier alpha value is -3.58. The summed E-state index contributed by atoms with van der Waals surface area (Å²) in [5.41, 5.74) is 3.23. The number of hydrogen-bond donors (Lipinski definition) is 2. The number of aliphatic imine (C=N–C) groups is 1. The zero-order valence-corrected chi connectivity index (χ0v) is 16.9. The van der Waals surface area contributed by atoms with E-state index < -0.39 is 55.0 Å².